The van der Waals surface area contributed by atoms with Crippen molar-refractivity contribution in [1.82, 2.24) is 9.13 Å². The molecule has 0 aliphatic heterocycles. The Hall–Kier alpha value is -2.88. The molecule has 0 aliphatic carbocycles. The normalized spacial score (nSPS) is 11.5. The lowest BCUT2D eigenvalue weighted by Gasteiger charge is -2.25. The van der Waals surface area contributed by atoms with E-state index in [0.717, 1.165) is 11.3 Å². The highest BCUT2D eigenvalue weighted by Crippen LogP contribution is 2.22. The van der Waals surface area contributed by atoms with Crippen LogP contribution < -0.4 is 11.2 Å². The van der Waals surface area contributed by atoms with E-state index in [1.165, 1.54) is 4.57 Å². The molecule has 4 nitrogen and oxygen atoms in total. The van der Waals surface area contributed by atoms with E-state index < -0.39 is 0 Å². The smallest absolute Gasteiger partial charge is 0.269 e. The van der Waals surface area contributed by atoms with Crippen LogP contribution in [-0.2, 0) is 12.0 Å². The average molecular weight is 334 g/mol. The lowest BCUT2D eigenvalue weighted by molar-refractivity contribution is 0.524. The molecule has 3 rings (SSSR count). The van der Waals surface area contributed by atoms with Gasteiger partial charge in [-0.15, -0.1) is 0 Å². The molecule has 1 aromatic heterocycles. The molecule has 4 heteroatoms. The Morgan fingerprint density at radius 2 is 1.40 bits per heavy atom. The van der Waals surface area contributed by atoms with E-state index in [4.69, 9.17) is 0 Å². The molecule has 0 fully saturated rings. The highest BCUT2D eigenvalue weighted by molar-refractivity contribution is 5.35. The predicted molar refractivity (Wildman–Crippen MR) is 101 cm³/mol. The van der Waals surface area contributed by atoms with Crippen LogP contribution >= 0.6 is 0 Å². The van der Waals surface area contributed by atoms with Gasteiger partial charge in [0.1, 0.15) is 0 Å². The lowest BCUT2D eigenvalue weighted by atomic mass is 9.91. The fraction of sp³-hybridized carbons (Fsp3) is 0.238. The number of rotatable bonds is 3. The molecule has 0 saturated heterocycles. The predicted octanol–water partition coefficient (Wildman–Crippen LogP) is 3.35. The Balaban J connectivity index is 2.26. The molecule has 0 aliphatic rings. The molecule has 0 radical (unpaired) electrons. The Bertz CT molecular complexity index is 978. The first-order valence-corrected chi connectivity index (χ1v) is 8.34. The van der Waals surface area contributed by atoms with Crippen molar-refractivity contribution in [3.8, 4) is 5.69 Å². The largest absolute Gasteiger partial charge is 0.336 e. The SMILES string of the molecule is CC(C)(C)c1cc(=O)n(Cc2ccccc2)c(=O)n1-c1ccccc1. The van der Waals surface area contributed by atoms with Crippen LogP contribution in [0.3, 0.4) is 0 Å². The zero-order valence-corrected chi connectivity index (χ0v) is 14.8. The maximum Gasteiger partial charge on any atom is 0.336 e. The van der Waals surface area contributed by atoms with Gasteiger partial charge in [0.2, 0.25) is 0 Å². The summed E-state index contributed by atoms with van der Waals surface area (Å²) in [5.74, 6) is 0. The van der Waals surface area contributed by atoms with Gasteiger partial charge in [-0.3, -0.25) is 13.9 Å². The summed E-state index contributed by atoms with van der Waals surface area (Å²) in [6.07, 6.45) is 0. The van der Waals surface area contributed by atoms with Crippen LogP contribution in [0.5, 0.6) is 0 Å². The number of hydrogen-bond acceptors (Lipinski definition) is 2. The van der Waals surface area contributed by atoms with Crippen LogP contribution in [-0.4, -0.2) is 9.13 Å². The van der Waals surface area contributed by atoms with Crippen molar-refractivity contribution in [2.75, 3.05) is 0 Å². The second-order valence-electron chi connectivity index (χ2n) is 7.14. The zero-order chi connectivity index (χ0) is 18.0. The van der Waals surface area contributed by atoms with Gasteiger partial charge in [-0.25, -0.2) is 4.79 Å². The quantitative estimate of drug-likeness (QED) is 0.737. The number of aromatic nitrogens is 2. The molecule has 0 amide bonds. The van der Waals surface area contributed by atoms with Crippen molar-refractivity contribution in [3.05, 3.63) is 98.8 Å². The average Bonchev–Trinajstić information content (AvgIpc) is 2.59. The third-order valence-electron chi connectivity index (χ3n) is 4.16. The number of benzene rings is 2. The molecule has 0 N–H and O–H groups in total. The molecule has 0 spiro atoms. The van der Waals surface area contributed by atoms with Crippen molar-refractivity contribution in [3.63, 3.8) is 0 Å². The summed E-state index contributed by atoms with van der Waals surface area (Å²) in [6, 6.07) is 20.6. The van der Waals surface area contributed by atoms with E-state index in [0.29, 0.717) is 5.69 Å². The molecular formula is C21H22N2O2. The van der Waals surface area contributed by atoms with E-state index in [2.05, 4.69) is 0 Å². The fourth-order valence-electron chi connectivity index (χ4n) is 2.87. The van der Waals surface area contributed by atoms with Gasteiger partial charge in [0, 0.05) is 17.2 Å². The summed E-state index contributed by atoms with van der Waals surface area (Å²) in [4.78, 5) is 25.8. The van der Waals surface area contributed by atoms with Gasteiger partial charge in [0.25, 0.3) is 5.56 Å². The Morgan fingerprint density at radius 3 is 1.96 bits per heavy atom. The summed E-state index contributed by atoms with van der Waals surface area (Å²) < 4.78 is 2.93. The number of hydrogen-bond donors (Lipinski definition) is 0. The standard InChI is InChI=1S/C21H22N2O2/c1-21(2,3)18-14-19(24)22(15-16-10-6-4-7-11-16)20(25)23(18)17-12-8-5-9-13-17/h4-14H,15H2,1-3H3. The minimum absolute atomic E-state index is 0.260. The monoisotopic (exact) mass is 334 g/mol. The van der Waals surface area contributed by atoms with Gasteiger partial charge >= 0.3 is 5.69 Å². The maximum atomic E-state index is 13.2. The van der Waals surface area contributed by atoms with Crippen LogP contribution in [0.25, 0.3) is 5.69 Å². The highest BCUT2D eigenvalue weighted by Gasteiger charge is 2.22. The first-order chi connectivity index (χ1) is 11.9. The van der Waals surface area contributed by atoms with Gasteiger partial charge in [-0.1, -0.05) is 69.3 Å². The molecular weight excluding hydrogens is 312 g/mol. The van der Waals surface area contributed by atoms with Crippen LogP contribution in [0.2, 0.25) is 0 Å². The Kier molecular flexibility index (Phi) is 4.45. The lowest BCUT2D eigenvalue weighted by Crippen LogP contribution is -2.42. The highest BCUT2D eigenvalue weighted by atomic mass is 16.2. The fourth-order valence-corrected chi connectivity index (χ4v) is 2.87. The van der Waals surface area contributed by atoms with Gasteiger partial charge < -0.3 is 0 Å². The van der Waals surface area contributed by atoms with Crippen molar-refractivity contribution >= 4 is 0 Å². The topological polar surface area (TPSA) is 44.0 Å². The Morgan fingerprint density at radius 1 is 0.840 bits per heavy atom. The van der Waals surface area contributed by atoms with Crippen molar-refractivity contribution < 1.29 is 0 Å². The summed E-state index contributed by atoms with van der Waals surface area (Å²) in [5, 5.41) is 0. The van der Waals surface area contributed by atoms with Crippen molar-refractivity contribution in [1.29, 1.82) is 0 Å². The first kappa shape index (κ1) is 17.0. The third kappa shape index (κ3) is 3.48. The van der Waals surface area contributed by atoms with Crippen LogP contribution in [0, 0.1) is 0 Å². The molecule has 2 aromatic carbocycles. The molecule has 25 heavy (non-hydrogen) atoms. The first-order valence-electron chi connectivity index (χ1n) is 8.34. The number of para-hydroxylation sites is 1. The van der Waals surface area contributed by atoms with E-state index in [1.54, 1.807) is 10.6 Å². The third-order valence-corrected chi connectivity index (χ3v) is 4.16. The molecule has 0 bridgehead atoms. The summed E-state index contributed by atoms with van der Waals surface area (Å²) in [5.41, 5.74) is 1.47. The van der Waals surface area contributed by atoms with Crippen LogP contribution in [0.4, 0.5) is 0 Å². The van der Waals surface area contributed by atoms with Gasteiger partial charge in [0.05, 0.1) is 12.2 Å². The van der Waals surface area contributed by atoms with Gasteiger partial charge in [-0.2, -0.15) is 0 Å². The molecule has 3 aromatic rings. The summed E-state index contributed by atoms with van der Waals surface area (Å²) in [6.45, 7) is 6.27. The molecule has 0 saturated carbocycles. The maximum absolute atomic E-state index is 13.2. The minimum Gasteiger partial charge on any atom is -0.269 e. The van der Waals surface area contributed by atoms with E-state index in [9.17, 15) is 9.59 Å². The zero-order valence-electron chi connectivity index (χ0n) is 14.8. The second kappa shape index (κ2) is 6.55. The van der Waals surface area contributed by atoms with Crippen LogP contribution in [0.1, 0.15) is 32.0 Å². The summed E-state index contributed by atoms with van der Waals surface area (Å²) >= 11 is 0. The van der Waals surface area contributed by atoms with E-state index in [1.807, 2.05) is 81.4 Å². The number of nitrogens with zero attached hydrogens (tertiary/aromatic N) is 2. The van der Waals surface area contributed by atoms with Gasteiger partial charge in [0.15, 0.2) is 0 Å². The summed E-state index contributed by atoms with van der Waals surface area (Å²) in [7, 11) is 0. The second-order valence-corrected chi connectivity index (χ2v) is 7.14. The van der Waals surface area contributed by atoms with Crippen LogP contribution in [0.15, 0.2) is 76.3 Å². The molecule has 0 unspecified atom stereocenters. The van der Waals surface area contributed by atoms with E-state index >= 15 is 0 Å². The van der Waals surface area contributed by atoms with Crippen molar-refractivity contribution in [2.45, 2.75) is 32.7 Å². The van der Waals surface area contributed by atoms with Gasteiger partial charge in [-0.05, 0) is 17.7 Å². The van der Waals surface area contributed by atoms with E-state index in [-0.39, 0.29) is 23.2 Å². The Labute approximate surface area is 147 Å². The minimum atomic E-state index is -0.333. The molecule has 1 heterocycles. The molecule has 128 valence electrons. The van der Waals surface area contributed by atoms with Crippen molar-refractivity contribution in [2.24, 2.45) is 0 Å². The molecule has 0 atom stereocenters.